The molecule has 4 atom stereocenters. The van der Waals surface area contributed by atoms with Crippen LogP contribution in [-0.2, 0) is 20.9 Å². The Labute approximate surface area is 196 Å². The molecule has 3 rings (SSSR count). The quantitative estimate of drug-likeness (QED) is 0.370. The van der Waals surface area contributed by atoms with E-state index < -0.39 is 6.10 Å². The Morgan fingerprint density at radius 1 is 1.22 bits per heavy atom. The maximum Gasteiger partial charge on any atom is 0.316 e. The van der Waals surface area contributed by atoms with Crippen molar-refractivity contribution in [2.24, 2.45) is 17.3 Å². The first-order valence-corrected chi connectivity index (χ1v) is 12.7. The third-order valence-electron chi connectivity index (χ3n) is 7.28. The molecule has 1 fully saturated rings. The summed E-state index contributed by atoms with van der Waals surface area (Å²) in [4.78, 5) is 25.6. The van der Waals surface area contributed by atoms with E-state index in [1.165, 1.54) is 17.3 Å². The lowest BCUT2D eigenvalue weighted by atomic mass is 9.61. The van der Waals surface area contributed by atoms with Crippen molar-refractivity contribution in [3.05, 3.63) is 41.5 Å². The number of aliphatic hydroxyl groups excluding tert-OH is 1. The van der Waals surface area contributed by atoms with Crippen LogP contribution < -0.4 is 5.32 Å². The fourth-order valence-electron chi connectivity index (χ4n) is 5.15. The van der Waals surface area contributed by atoms with E-state index in [0.717, 1.165) is 29.9 Å². The second kappa shape index (κ2) is 11.0. The molecule has 5 nitrogen and oxygen atoms in total. The van der Waals surface area contributed by atoms with Gasteiger partial charge in [-0.15, -0.1) is 11.8 Å². The van der Waals surface area contributed by atoms with Crippen molar-refractivity contribution in [3.63, 3.8) is 0 Å². The van der Waals surface area contributed by atoms with E-state index in [1.807, 2.05) is 33.0 Å². The van der Waals surface area contributed by atoms with E-state index in [2.05, 4.69) is 30.4 Å². The van der Waals surface area contributed by atoms with Gasteiger partial charge in [0, 0.05) is 24.3 Å². The minimum atomic E-state index is -0.487. The van der Waals surface area contributed by atoms with Gasteiger partial charge in [0.25, 0.3) is 0 Å². The summed E-state index contributed by atoms with van der Waals surface area (Å²) in [5, 5.41) is 14.1. The topological polar surface area (TPSA) is 75.6 Å². The van der Waals surface area contributed by atoms with Gasteiger partial charge in [-0.2, -0.15) is 0 Å². The summed E-state index contributed by atoms with van der Waals surface area (Å²) in [5.41, 5.74) is 2.04. The second-order valence-electron chi connectivity index (χ2n) is 9.59. The summed E-state index contributed by atoms with van der Waals surface area (Å²) in [7, 11) is 1.92. The van der Waals surface area contributed by atoms with Crippen LogP contribution in [0.3, 0.4) is 0 Å². The highest BCUT2D eigenvalue weighted by Gasteiger charge is 2.44. The molecule has 32 heavy (non-hydrogen) atoms. The number of rotatable bonds is 6. The first kappa shape index (κ1) is 25.0. The minimum Gasteiger partial charge on any atom is -0.457 e. The summed E-state index contributed by atoms with van der Waals surface area (Å²) in [6.07, 6.45) is 4.63. The number of hydrogen-bond donors (Lipinski definition) is 2. The predicted octanol–water partition coefficient (Wildman–Crippen LogP) is 4.52. The smallest absolute Gasteiger partial charge is 0.316 e. The van der Waals surface area contributed by atoms with E-state index >= 15 is 0 Å². The number of thioether (sulfide) groups is 1. The van der Waals surface area contributed by atoms with Crippen molar-refractivity contribution in [3.8, 4) is 0 Å². The molecule has 2 aliphatic rings. The minimum absolute atomic E-state index is 0.00771. The molecule has 2 aliphatic carbocycles. The average Bonchev–Trinajstić information content (AvgIpc) is 2.78. The molecule has 1 spiro atoms. The van der Waals surface area contributed by atoms with Gasteiger partial charge in [-0.05, 0) is 73.8 Å². The van der Waals surface area contributed by atoms with Crippen LogP contribution in [0.25, 0.3) is 0 Å². The van der Waals surface area contributed by atoms with Crippen molar-refractivity contribution in [2.75, 3.05) is 12.8 Å². The maximum absolute atomic E-state index is 12.7. The zero-order valence-electron chi connectivity index (χ0n) is 19.7. The van der Waals surface area contributed by atoms with Crippen LogP contribution in [0, 0.1) is 17.3 Å². The van der Waals surface area contributed by atoms with Crippen molar-refractivity contribution in [1.82, 2.24) is 5.32 Å². The highest BCUT2D eigenvalue weighted by atomic mass is 32.2. The number of carbonyl (C=O) groups excluding carboxylic acids is 2. The number of Topliss-reactive ketones (excluding diaryl/α,β-unsaturated/α-hetero) is 1. The Kier molecular flexibility index (Phi) is 8.59. The molecule has 1 saturated carbocycles. The van der Waals surface area contributed by atoms with Gasteiger partial charge >= 0.3 is 5.97 Å². The molecule has 0 radical (unpaired) electrons. The van der Waals surface area contributed by atoms with Crippen LogP contribution in [0.4, 0.5) is 0 Å². The molecule has 0 bridgehead atoms. The lowest BCUT2D eigenvalue weighted by Crippen LogP contribution is -2.44. The number of allylic oxidation sites excluding steroid dienone is 1. The van der Waals surface area contributed by atoms with E-state index in [9.17, 15) is 14.7 Å². The predicted molar refractivity (Wildman–Crippen MR) is 128 cm³/mol. The Morgan fingerprint density at radius 2 is 1.88 bits per heavy atom. The van der Waals surface area contributed by atoms with Crippen LogP contribution in [-0.4, -0.2) is 41.9 Å². The molecule has 0 aromatic heterocycles. The summed E-state index contributed by atoms with van der Waals surface area (Å²) >= 11 is 1.48. The third-order valence-corrected chi connectivity index (χ3v) is 8.27. The average molecular weight is 460 g/mol. The molecule has 0 saturated heterocycles. The van der Waals surface area contributed by atoms with E-state index in [1.54, 1.807) is 0 Å². The number of nitrogens with one attached hydrogen (secondary N) is 1. The molecule has 176 valence electrons. The molecule has 0 aliphatic heterocycles. The Bertz CT molecular complexity index is 825. The van der Waals surface area contributed by atoms with E-state index in [0.29, 0.717) is 25.0 Å². The standard InChI is InChI=1S/C26H37NO4S/c1-17-13-23(31-24(29)16-32-22-7-5-20(6-8-22)15-27-4)18(2)14-26(19(3)25(17)30)11-9-21(28)10-12-26/h5-8,14,17,19,23,25,27,30H,9-13,15-16H2,1-4H3/b18-14-/t17?,19-,23+,25?/m0/s1. The lowest BCUT2D eigenvalue weighted by molar-refractivity contribution is -0.145. The van der Waals surface area contributed by atoms with Crippen LogP contribution in [0.1, 0.15) is 58.4 Å². The normalized spacial score (nSPS) is 29.7. The van der Waals surface area contributed by atoms with Crippen LogP contribution >= 0.6 is 11.8 Å². The Morgan fingerprint density at radius 3 is 2.50 bits per heavy atom. The molecule has 2 unspecified atom stereocenters. The molecule has 1 aromatic carbocycles. The number of carbonyl (C=O) groups is 2. The molecular weight excluding hydrogens is 422 g/mol. The molecule has 0 amide bonds. The van der Waals surface area contributed by atoms with Crippen molar-refractivity contribution in [1.29, 1.82) is 0 Å². The zero-order chi connectivity index (χ0) is 23.3. The number of benzene rings is 1. The van der Waals surface area contributed by atoms with Crippen LogP contribution in [0.15, 0.2) is 40.8 Å². The molecule has 6 heteroatoms. The summed E-state index contributed by atoms with van der Waals surface area (Å²) in [6, 6.07) is 8.17. The number of aliphatic hydroxyl groups is 1. The summed E-state index contributed by atoms with van der Waals surface area (Å²) in [6.45, 7) is 6.98. The fourth-order valence-corrected chi connectivity index (χ4v) is 5.83. The van der Waals surface area contributed by atoms with Crippen molar-refractivity contribution >= 4 is 23.5 Å². The molecular formula is C26H37NO4S. The Hall–Kier alpha value is -1.63. The highest BCUT2D eigenvalue weighted by molar-refractivity contribution is 8.00. The molecule has 2 N–H and O–H groups in total. The van der Waals surface area contributed by atoms with Crippen LogP contribution in [0.2, 0.25) is 0 Å². The summed E-state index contributed by atoms with van der Waals surface area (Å²) < 4.78 is 5.92. The number of ether oxygens (including phenoxy) is 1. The number of hydrogen-bond acceptors (Lipinski definition) is 6. The Balaban J connectivity index is 1.67. The number of ketones is 1. The van der Waals surface area contributed by atoms with Crippen LogP contribution in [0.5, 0.6) is 0 Å². The monoisotopic (exact) mass is 459 g/mol. The van der Waals surface area contributed by atoms with Gasteiger partial charge in [-0.25, -0.2) is 0 Å². The zero-order valence-corrected chi connectivity index (χ0v) is 20.5. The lowest BCUT2D eigenvalue weighted by Gasteiger charge is -2.46. The van der Waals surface area contributed by atoms with Crippen molar-refractivity contribution in [2.45, 2.75) is 76.5 Å². The molecule has 0 heterocycles. The molecule has 1 aromatic rings. The van der Waals surface area contributed by atoms with Gasteiger partial charge < -0.3 is 15.2 Å². The maximum atomic E-state index is 12.7. The first-order valence-electron chi connectivity index (χ1n) is 11.7. The SMILES string of the molecule is CNCc1ccc(SCC(=O)O[C@@H]2CC(C)C(O)[C@H](C)C3(/C=C\2C)CCC(=O)CC3)cc1. The van der Waals surface area contributed by atoms with Gasteiger partial charge in [0.1, 0.15) is 11.9 Å². The second-order valence-corrected chi connectivity index (χ2v) is 10.6. The van der Waals surface area contributed by atoms with Gasteiger partial charge in [-0.1, -0.05) is 32.1 Å². The fraction of sp³-hybridized carbons (Fsp3) is 0.615. The first-order chi connectivity index (χ1) is 15.2. The van der Waals surface area contributed by atoms with Gasteiger partial charge in [0.05, 0.1) is 11.9 Å². The van der Waals surface area contributed by atoms with Gasteiger partial charge in [0.2, 0.25) is 0 Å². The summed E-state index contributed by atoms with van der Waals surface area (Å²) in [5.74, 6) is 0.391. The van der Waals surface area contributed by atoms with E-state index in [-0.39, 0.29) is 35.1 Å². The van der Waals surface area contributed by atoms with E-state index in [4.69, 9.17) is 4.74 Å². The highest BCUT2D eigenvalue weighted by Crippen LogP contribution is 2.48. The third kappa shape index (κ3) is 6.03. The van der Waals surface area contributed by atoms with Gasteiger partial charge in [-0.3, -0.25) is 9.59 Å². The largest absolute Gasteiger partial charge is 0.457 e. The van der Waals surface area contributed by atoms with Crippen molar-refractivity contribution < 1.29 is 19.4 Å². The number of esters is 1. The van der Waals surface area contributed by atoms with Gasteiger partial charge in [0.15, 0.2) is 0 Å².